The lowest BCUT2D eigenvalue weighted by molar-refractivity contribution is -0.167. The van der Waals surface area contributed by atoms with Crippen LogP contribution in [0.2, 0.25) is 0 Å². The van der Waals surface area contributed by atoms with Crippen molar-refractivity contribution in [3.63, 3.8) is 0 Å². The standard InChI is InChI=1S/C56H90O6/c1-4-7-10-13-16-19-21-23-25-27-28-29-31-32-34-37-40-43-46-49-55(58)61-52-53(51-60-54(57)48-45-42-39-36-18-15-12-9-6-3)62-56(59)50-47-44-41-38-35-33-30-26-24-22-20-17-14-11-8-5-2/h7-8,10-11,16-17,19-20,23-26,28-29,33,35-36,39,53H,4-6,9,12-15,18,21-22,27,30-32,34,37-38,40-52H2,1-3H3/b10-7-,11-8-,19-16-,20-17-,25-23-,26-24-,29-28-,35-33-,39-36-. The highest BCUT2D eigenvalue weighted by atomic mass is 16.6. The molecule has 0 aromatic rings. The summed E-state index contributed by atoms with van der Waals surface area (Å²) in [5.41, 5.74) is 0. The topological polar surface area (TPSA) is 78.9 Å². The van der Waals surface area contributed by atoms with Gasteiger partial charge in [0.05, 0.1) is 0 Å². The summed E-state index contributed by atoms with van der Waals surface area (Å²) in [6.07, 6.45) is 66.5. The lowest BCUT2D eigenvalue weighted by atomic mass is 10.1. The van der Waals surface area contributed by atoms with E-state index in [0.717, 1.165) is 122 Å². The van der Waals surface area contributed by atoms with Crippen LogP contribution < -0.4 is 0 Å². The highest BCUT2D eigenvalue weighted by Gasteiger charge is 2.19. The van der Waals surface area contributed by atoms with E-state index in [1.165, 1.54) is 38.5 Å². The Bertz CT molecular complexity index is 1310. The van der Waals surface area contributed by atoms with Gasteiger partial charge in [-0.05, 0) is 116 Å². The summed E-state index contributed by atoms with van der Waals surface area (Å²) in [5, 5.41) is 0. The van der Waals surface area contributed by atoms with Crippen LogP contribution >= 0.6 is 0 Å². The van der Waals surface area contributed by atoms with Crippen molar-refractivity contribution in [1.29, 1.82) is 0 Å². The van der Waals surface area contributed by atoms with Crippen molar-refractivity contribution >= 4 is 17.9 Å². The molecule has 0 fully saturated rings. The lowest BCUT2D eigenvalue weighted by Crippen LogP contribution is -2.30. The second kappa shape index (κ2) is 49.7. The van der Waals surface area contributed by atoms with Gasteiger partial charge in [0.2, 0.25) is 0 Å². The fourth-order valence-corrected chi connectivity index (χ4v) is 6.31. The van der Waals surface area contributed by atoms with Gasteiger partial charge in [0.1, 0.15) is 13.2 Å². The Kier molecular flexibility index (Phi) is 46.6. The predicted octanol–water partition coefficient (Wildman–Crippen LogP) is 16.4. The summed E-state index contributed by atoms with van der Waals surface area (Å²) in [6.45, 7) is 6.29. The largest absolute Gasteiger partial charge is 0.462 e. The molecule has 6 nitrogen and oxygen atoms in total. The predicted molar refractivity (Wildman–Crippen MR) is 265 cm³/mol. The number of esters is 3. The third-order valence-corrected chi connectivity index (χ3v) is 9.99. The van der Waals surface area contributed by atoms with Gasteiger partial charge in [-0.1, -0.05) is 182 Å². The fraction of sp³-hybridized carbons (Fsp3) is 0.625. The van der Waals surface area contributed by atoms with Crippen molar-refractivity contribution in [1.82, 2.24) is 0 Å². The van der Waals surface area contributed by atoms with E-state index in [9.17, 15) is 14.4 Å². The summed E-state index contributed by atoms with van der Waals surface area (Å²) in [4.78, 5) is 37.8. The maximum atomic E-state index is 12.8. The molecule has 0 radical (unpaired) electrons. The van der Waals surface area contributed by atoms with E-state index in [-0.39, 0.29) is 37.5 Å². The first kappa shape index (κ1) is 58.1. The minimum atomic E-state index is -0.812. The number of hydrogen-bond donors (Lipinski definition) is 0. The Morgan fingerprint density at radius 3 is 1.08 bits per heavy atom. The van der Waals surface area contributed by atoms with E-state index >= 15 is 0 Å². The minimum Gasteiger partial charge on any atom is -0.462 e. The Labute approximate surface area is 380 Å². The summed E-state index contributed by atoms with van der Waals surface area (Å²) >= 11 is 0. The van der Waals surface area contributed by atoms with Crippen LogP contribution in [0.3, 0.4) is 0 Å². The van der Waals surface area contributed by atoms with Crippen LogP contribution in [0.15, 0.2) is 109 Å². The second-order valence-corrected chi connectivity index (χ2v) is 16.0. The van der Waals surface area contributed by atoms with Gasteiger partial charge in [-0.2, -0.15) is 0 Å². The zero-order chi connectivity index (χ0) is 45.1. The van der Waals surface area contributed by atoms with Gasteiger partial charge in [-0.3, -0.25) is 14.4 Å². The number of hydrogen-bond acceptors (Lipinski definition) is 6. The minimum absolute atomic E-state index is 0.109. The Morgan fingerprint density at radius 1 is 0.339 bits per heavy atom. The molecule has 0 aromatic heterocycles. The number of carbonyl (C=O) groups excluding carboxylic acids is 3. The summed E-state index contributed by atoms with van der Waals surface area (Å²) in [6, 6.07) is 0. The zero-order valence-corrected chi connectivity index (χ0v) is 39.8. The number of rotatable bonds is 43. The van der Waals surface area contributed by atoms with E-state index in [1.54, 1.807) is 0 Å². The maximum Gasteiger partial charge on any atom is 0.306 e. The van der Waals surface area contributed by atoms with Crippen molar-refractivity contribution in [3.8, 4) is 0 Å². The van der Waals surface area contributed by atoms with Crippen molar-refractivity contribution in [2.45, 2.75) is 213 Å². The summed E-state index contributed by atoms with van der Waals surface area (Å²) < 4.78 is 16.7. The number of unbranched alkanes of at least 4 members (excludes halogenated alkanes) is 14. The van der Waals surface area contributed by atoms with Crippen LogP contribution in [-0.2, 0) is 28.6 Å². The van der Waals surface area contributed by atoms with Gasteiger partial charge in [0.25, 0.3) is 0 Å². The molecule has 6 heteroatoms. The van der Waals surface area contributed by atoms with Gasteiger partial charge < -0.3 is 14.2 Å². The molecule has 62 heavy (non-hydrogen) atoms. The molecule has 0 aliphatic heterocycles. The van der Waals surface area contributed by atoms with Crippen molar-refractivity contribution in [3.05, 3.63) is 109 Å². The lowest BCUT2D eigenvalue weighted by Gasteiger charge is -2.18. The zero-order valence-electron chi connectivity index (χ0n) is 39.8. The molecule has 0 heterocycles. The Hall–Kier alpha value is -3.93. The average molecular weight is 859 g/mol. The number of carbonyl (C=O) groups is 3. The van der Waals surface area contributed by atoms with Gasteiger partial charge in [-0.15, -0.1) is 0 Å². The second-order valence-electron chi connectivity index (χ2n) is 16.0. The van der Waals surface area contributed by atoms with Crippen LogP contribution in [0.5, 0.6) is 0 Å². The molecule has 0 spiro atoms. The van der Waals surface area contributed by atoms with E-state index < -0.39 is 6.10 Å². The number of ether oxygens (including phenoxy) is 3. The average Bonchev–Trinajstić information content (AvgIpc) is 3.27. The molecule has 0 saturated heterocycles. The first-order valence-electron chi connectivity index (χ1n) is 24.9. The van der Waals surface area contributed by atoms with Crippen molar-refractivity contribution < 1.29 is 28.6 Å². The Balaban J connectivity index is 4.44. The molecular formula is C56H90O6. The van der Waals surface area contributed by atoms with Gasteiger partial charge in [0, 0.05) is 19.3 Å². The quantitative estimate of drug-likeness (QED) is 0.0263. The molecule has 350 valence electrons. The molecule has 1 atom stereocenters. The molecule has 0 aliphatic carbocycles. The van der Waals surface area contributed by atoms with Crippen LogP contribution in [-0.4, -0.2) is 37.2 Å². The third-order valence-electron chi connectivity index (χ3n) is 9.99. The molecule has 1 unspecified atom stereocenters. The molecule has 0 saturated carbocycles. The summed E-state index contributed by atoms with van der Waals surface area (Å²) in [7, 11) is 0. The summed E-state index contributed by atoms with van der Waals surface area (Å²) in [5.74, 6) is -0.999. The molecule has 0 rings (SSSR count). The van der Waals surface area contributed by atoms with Gasteiger partial charge >= 0.3 is 17.9 Å². The fourth-order valence-electron chi connectivity index (χ4n) is 6.31. The van der Waals surface area contributed by atoms with Crippen molar-refractivity contribution in [2.75, 3.05) is 13.2 Å². The third kappa shape index (κ3) is 47.1. The normalized spacial score (nSPS) is 13.0. The van der Waals surface area contributed by atoms with Crippen LogP contribution in [0.4, 0.5) is 0 Å². The molecule has 0 N–H and O–H groups in total. The molecule has 0 amide bonds. The monoisotopic (exact) mass is 859 g/mol. The molecular weight excluding hydrogens is 769 g/mol. The smallest absolute Gasteiger partial charge is 0.306 e. The highest BCUT2D eigenvalue weighted by Crippen LogP contribution is 2.12. The van der Waals surface area contributed by atoms with Crippen LogP contribution in [0.25, 0.3) is 0 Å². The SMILES string of the molecule is CC/C=C\C/C=C\C/C=C\C/C=C\CCCCCCCCC(=O)OCC(COC(=O)CCC/C=C\CCCCCC)OC(=O)CCCCC/C=C\C/C=C\C/C=C\C/C=C\CC. The van der Waals surface area contributed by atoms with E-state index in [0.29, 0.717) is 19.3 Å². The van der Waals surface area contributed by atoms with Gasteiger partial charge in [0.15, 0.2) is 6.10 Å². The first-order valence-corrected chi connectivity index (χ1v) is 24.9. The molecule has 0 aliphatic rings. The number of allylic oxidation sites excluding steroid dienone is 18. The highest BCUT2D eigenvalue weighted by molar-refractivity contribution is 5.71. The van der Waals surface area contributed by atoms with Crippen LogP contribution in [0, 0.1) is 0 Å². The molecule has 0 aromatic carbocycles. The van der Waals surface area contributed by atoms with E-state index in [1.807, 2.05) is 0 Å². The Morgan fingerprint density at radius 2 is 0.645 bits per heavy atom. The van der Waals surface area contributed by atoms with Crippen LogP contribution in [0.1, 0.15) is 207 Å². The molecule has 0 bridgehead atoms. The first-order chi connectivity index (χ1) is 30.5. The van der Waals surface area contributed by atoms with Gasteiger partial charge in [-0.25, -0.2) is 0 Å². The maximum absolute atomic E-state index is 12.8. The van der Waals surface area contributed by atoms with Crippen molar-refractivity contribution in [2.24, 2.45) is 0 Å². The van der Waals surface area contributed by atoms with E-state index in [4.69, 9.17) is 14.2 Å². The van der Waals surface area contributed by atoms with E-state index in [2.05, 4.69) is 130 Å².